The molecule has 2 rings (SSSR count). The lowest BCUT2D eigenvalue weighted by Gasteiger charge is -2.08. The van der Waals surface area contributed by atoms with Gasteiger partial charge in [-0.3, -0.25) is 0 Å². The number of hydrogen-bond donors (Lipinski definition) is 1. The molecule has 0 spiro atoms. The molecule has 0 aliphatic heterocycles. The molecular formula is C13H19N3S. The van der Waals surface area contributed by atoms with Gasteiger partial charge < -0.3 is 9.88 Å². The Bertz CT molecular complexity index is 459. The standard InChI is InChI=1S/C13H19N3S/c1-3-11-5-6-17-13(11)9-16-10-15-8-12(16)7-14-4-2/h5-6,8,10,14H,3-4,7,9H2,1-2H3. The lowest BCUT2D eigenvalue weighted by atomic mass is 10.2. The van der Waals surface area contributed by atoms with Crippen LogP contribution in [0.3, 0.4) is 0 Å². The Morgan fingerprint density at radius 2 is 2.29 bits per heavy atom. The summed E-state index contributed by atoms with van der Waals surface area (Å²) >= 11 is 1.84. The van der Waals surface area contributed by atoms with Crippen LogP contribution in [0.2, 0.25) is 0 Å². The first kappa shape index (κ1) is 12.3. The van der Waals surface area contributed by atoms with Crippen LogP contribution in [0, 0.1) is 0 Å². The first-order valence-corrected chi connectivity index (χ1v) is 6.98. The molecule has 92 valence electrons. The van der Waals surface area contributed by atoms with E-state index in [4.69, 9.17) is 0 Å². The van der Waals surface area contributed by atoms with Crippen LogP contribution in [-0.2, 0) is 19.5 Å². The van der Waals surface area contributed by atoms with Crippen molar-refractivity contribution >= 4 is 11.3 Å². The van der Waals surface area contributed by atoms with Gasteiger partial charge in [-0.15, -0.1) is 11.3 Å². The Labute approximate surface area is 107 Å². The second-order valence-corrected chi connectivity index (χ2v) is 5.02. The first-order valence-electron chi connectivity index (χ1n) is 6.10. The van der Waals surface area contributed by atoms with Gasteiger partial charge in [-0.05, 0) is 30.0 Å². The lowest BCUT2D eigenvalue weighted by molar-refractivity contribution is 0.658. The van der Waals surface area contributed by atoms with E-state index in [0.717, 1.165) is 26.1 Å². The van der Waals surface area contributed by atoms with Crippen molar-refractivity contribution in [2.24, 2.45) is 0 Å². The van der Waals surface area contributed by atoms with Crippen molar-refractivity contribution in [3.63, 3.8) is 0 Å². The van der Waals surface area contributed by atoms with Crippen molar-refractivity contribution in [2.75, 3.05) is 6.54 Å². The van der Waals surface area contributed by atoms with Crippen LogP contribution >= 0.6 is 11.3 Å². The molecule has 17 heavy (non-hydrogen) atoms. The monoisotopic (exact) mass is 249 g/mol. The normalized spacial score (nSPS) is 10.9. The van der Waals surface area contributed by atoms with Gasteiger partial charge in [0.25, 0.3) is 0 Å². The van der Waals surface area contributed by atoms with Crippen LogP contribution in [0.1, 0.15) is 30.0 Å². The Balaban J connectivity index is 2.10. The quantitative estimate of drug-likeness (QED) is 0.853. The van der Waals surface area contributed by atoms with Gasteiger partial charge in [-0.25, -0.2) is 4.98 Å². The van der Waals surface area contributed by atoms with Gasteiger partial charge in [0.15, 0.2) is 0 Å². The van der Waals surface area contributed by atoms with Crippen molar-refractivity contribution in [3.8, 4) is 0 Å². The molecule has 0 unspecified atom stereocenters. The van der Waals surface area contributed by atoms with E-state index in [2.05, 4.69) is 40.2 Å². The maximum absolute atomic E-state index is 4.24. The van der Waals surface area contributed by atoms with Crippen LogP contribution in [0.15, 0.2) is 24.0 Å². The van der Waals surface area contributed by atoms with Gasteiger partial charge in [0.05, 0.1) is 18.6 Å². The number of rotatable bonds is 6. The largest absolute Gasteiger partial charge is 0.328 e. The number of nitrogens with zero attached hydrogens (tertiary/aromatic N) is 2. The van der Waals surface area contributed by atoms with Crippen molar-refractivity contribution in [2.45, 2.75) is 33.4 Å². The maximum atomic E-state index is 4.24. The zero-order valence-corrected chi connectivity index (χ0v) is 11.3. The molecule has 1 N–H and O–H groups in total. The average molecular weight is 249 g/mol. The third-order valence-electron chi connectivity index (χ3n) is 2.89. The van der Waals surface area contributed by atoms with Crippen molar-refractivity contribution in [1.29, 1.82) is 0 Å². The Morgan fingerprint density at radius 3 is 3.06 bits per heavy atom. The number of aromatic nitrogens is 2. The predicted octanol–water partition coefficient (Wildman–Crippen LogP) is 2.66. The SMILES string of the molecule is CCNCc1cncn1Cc1sccc1CC. The van der Waals surface area contributed by atoms with E-state index in [9.17, 15) is 0 Å². The molecule has 3 nitrogen and oxygen atoms in total. The van der Waals surface area contributed by atoms with Gasteiger partial charge >= 0.3 is 0 Å². The summed E-state index contributed by atoms with van der Waals surface area (Å²) in [4.78, 5) is 5.69. The van der Waals surface area contributed by atoms with Gasteiger partial charge in [0.1, 0.15) is 0 Å². The molecule has 0 atom stereocenters. The summed E-state index contributed by atoms with van der Waals surface area (Å²) in [5, 5.41) is 5.52. The van der Waals surface area contributed by atoms with Crippen LogP contribution in [0.25, 0.3) is 0 Å². The number of nitrogens with one attached hydrogen (secondary N) is 1. The minimum atomic E-state index is 0.892. The molecule has 4 heteroatoms. The third kappa shape index (κ3) is 2.96. The summed E-state index contributed by atoms with van der Waals surface area (Å²) in [5.41, 5.74) is 2.71. The Kier molecular flexibility index (Phi) is 4.34. The van der Waals surface area contributed by atoms with E-state index in [1.165, 1.54) is 16.1 Å². The van der Waals surface area contributed by atoms with Gasteiger partial charge in [-0.1, -0.05) is 13.8 Å². The van der Waals surface area contributed by atoms with E-state index in [1.807, 2.05) is 23.9 Å². The number of hydrogen-bond acceptors (Lipinski definition) is 3. The van der Waals surface area contributed by atoms with Gasteiger partial charge in [0, 0.05) is 17.6 Å². The lowest BCUT2D eigenvalue weighted by Crippen LogP contribution is -2.15. The summed E-state index contributed by atoms with van der Waals surface area (Å²) in [5.74, 6) is 0. The molecule has 0 amide bonds. The second-order valence-electron chi connectivity index (χ2n) is 4.02. The summed E-state index contributed by atoms with van der Waals surface area (Å²) in [6.45, 7) is 7.16. The number of aryl methyl sites for hydroxylation is 1. The highest BCUT2D eigenvalue weighted by Crippen LogP contribution is 2.19. The molecule has 0 aromatic carbocycles. The highest BCUT2D eigenvalue weighted by atomic mass is 32.1. The molecule has 2 aromatic heterocycles. The van der Waals surface area contributed by atoms with Gasteiger partial charge in [-0.2, -0.15) is 0 Å². The summed E-state index contributed by atoms with van der Waals surface area (Å²) in [6.07, 6.45) is 4.98. The third-order valence-corrected chi connectivity index (χ3v) is 3.84. The van der Waals surface area contributed by atoms with Crippen LogP contribution in [0.4, 0.5) is 0 Å². The fourth-order valence-corrected chi connectivity index (χ4v) is 2.84. The highest BCUT2D eigenvalue weighted by molar-refractivity contribution is 7.10. The van der Waals surface area contributed by atoms with Gasteiger partial charge in [0.2, 0.25) is 0 Å². The molecule has 0 fully saturated rings. The molecule has 2 heterocycles. The fraction of sp³-hybridized carbons (Fsp3) is 0.462. The van der Waals surface area contributed by atoms with E-state index >= 15 is 0 Å². The predicted molar refractivity (Wildman–Crippen MR) is 72.4 cm³/mol. The van der Waals surface area contributed by atoms with Crippen LogP contribution in [0.5, 0.6) is 0 Å². The molecule has 0 saturated heterocycles. The van der Waals surface area contributed by atoms with E-state index in [-0.39, 0.29) is 0 Å². The summed E-state index contributed by atoms with van der Waals surface area (Å²) in [6, 6.07) is 2.22. The number of thiophene rings is 1. The van der Waals surface area contributed by atoms with Crippen molar-refractivity contribution in [3.05, 3.63) is 40.1 Å². The molecule has 0 bridgehead atoms. The number of imidazole rings is 1. The molecular weight excluding hydrogens is 230 g/mol. The Hall–Kier alpha value is -1.13. The molecule has 0 aliphatic carbocycles. The van der Waals surface area contributed by atoms with Crippen molar-refractivity contribution in [1.82, 2.24) is 14.9 Å². The minimum absolute atomic E-state index is 0.892. The van der Waals surface area contributed by atoms with E-state index in [1.54, 1.807) is 0 Å². The highest BCUT2D eigenvalue weighted by Gasteiger charge is 2.06. The van der Waals surface area contributed by atoms with E-state index < -0.39 is 0 Å². The Morgan fingerprint density at radius 1 is 1.41 bits per heavy atom. The zero-order valence-electron chi connectivity index (χ0n) is 10.4. The maximum Gasteiger partial charge on any atom is 0.0952 e. The van der Waals surface area contributed by atoms with Crippen LogP contribution in [-0.4, -0.2) is 16.1 Å². The fourth-order valence-electron chi connectivity index (χ4n) is 1.87. The van der Waals surface area contributed by atoms with Crippen molar-refractivity contribution < 1.29 is 0 Å². The molecule has 0 aliphatic rings. The summed E-state index contributed by atoms with van der Waals surface area (Å²) in [7, 11) is 0. The molecule has 2 aromatic rings. The topological polar surface area (TPSA) is 29.9 Å². The average Bonchev–Trinajstić information content (AvgIpc) is 2.96. The van der Waals surface area contributed by atoms with Crippen LogP contribution < -0.4 is 5.32 Å². The zero-order chi connectivity index (χ0) is 12.1. The smallest absolute Gasteiger partial charge is 0.0952 e. The second kappa shape index (κ2) is 5.98. The summed E-state index contributed by atoms with van der Waals surface area (Å²) < 4.78 is 2.23. The first-order chi connectivity index (χ1) is 8.35. The minimum Gasteiger partial charge on any atom is -0.328 e. The molecule has 0 saturated carbocycles. The molecule has 0 radical (unpaired) electrons. The van der Waals surface area contributed by atoms with E-state index in [0.29, 0.717) is 0 Å².